The summed E-state index contributed by atoms with van der Waals surface area (Å²) in [4.78, 5) is 53.0. The van der Waals surface area contributed by atoms with Gasteiger partial charge in [0.15, 0.2) is 6.10 Å². The third-order valence-corrected chi connectivity index (χ3v) is 7.88. The van der Waals surface area contributed by atoms with Gasteiger partial charge >= 0.3 is 11.9 Å². The molecular formula is C29H38N2O8S. The highest BCUT2D eigenvalue weighted by atomic mass is 32.1. The van der Waals surface area contributed by atoms with Crippen LogP contribution in [-0.4, -0.2) is 56.7 Å². The van der Waals surface area contributed by atoms with Crippen molar-refractivity contribution in [3.63, 3.8) is 0 Å². The minimum atomic E-state index is -1.18. The molecule has 10 nitrogen and oxygen atoms in total. The van der Waals surface area contributed by atoms with Crippen molar-refractivity contribution in [1.29, 1.82) is 0 Å². The molecule has 40 heavy (non-hydrogen) atoms. The van der Waals surface area contributed by atoms with Gasteiger partial charge < -0.3 is 29.6 Å². The molecule has 1 aromatic heterocycles. The number of anilines is 1. The Balaban J connectivity index is 1.73. The molecule has 3 atom stereocenters. The molecule has 0 saturated heterocycles. The van der Waals surface area contributed by atoms with E-state index >= 15 is 0 Å². The van der Waals surface area contributed by atoms with Gasteiger partial charge in [0.1, 0.15) is 22.5 Å². The molecule has 0 unspecified atom stereocenters. The van der Waals surface area contributed by atoms with Crippen molar-refractivity contribution in [2.75, 3.05) is 26.1 Å². The minimum absolute atomic E-state index is 0.214. The second kappa shape index (κ2) is 13.6. The zero-order valence-corrected chi connectivity index (χ0v) is 24.9. The van der Waals surface area contributed by atoms with Crippen LogP contribution < -0.4 is 20.1 Å². The molecule has 0 spiro atoms. The van der Waals surface area contributed by atoms with Crippen LogP contribution in [0.3, 0.4) is 0 Å². The first-order valence-corrected chi connectivity index (χ1v) is 14.2. The molecule has 11 heteroatoms. The molecule has 1 aromatic carbocycles. The van der Waals surface area contributed by atoms with Crippen molar-refractivity contribution in [2.45, 2.75) is 66.0 Å². The number of fused-ring (bicyclic) bond motifs is 1. The lowest BCUT2D eigenvalue weighted by Gasteiger charge is -2.23. The van der Waals surface area contributed by atoms with E-state index in [1.54, 1.807) is 26.8 Å². The number of benzene rings is 1. The van der Waals surface area contributed by atoms with Gasteiger partial charge in [-0.2, -0.15) is 0 Å². The summed E-state index contributed by atoms with van der Waals surface area (Å²) < 4.78 is 21.2. The number of ether oxygens (including phenoxy) is 4. The van der Waals surface area contributed by atoms with Crippen molar-refractivity contribution in [1.82, 2.24) is 5.32 Å². The number of methoxy groups -OCH3 is 2. The molecule has 218 valence electrons. The third-order valence-electron chi connectivity index (χ3n) is 6.71. The molecule has 0 radical (unpaired) electrons. The first-order chi connectivity index (χ1) is 19.0. The highest BCUT2D eigenvalue weighted by molar-refractivity contribution is 7.17. The van der Waals surface area contributed by atoms with Crippen molar-refractivity contribution in [3.8, 4) is 11.5 Å². The Morgan fingerprint density at radius 1 is 1.05 bits per heavy atom. The zero-order chi connectivity index (χ0) is 29.6. The SMILES string of the molecule is CCOC(=O)c1c(NC(=O)[C@@H](C)OC(=O)[C@@H](NC(=O)c2cc(OC)cc(OC)c2)C(C)C)sc2c1CC[C@@H](C)C2. The van der Waals surface area contributed by atoms with Crippen LogP contribution in [0, 0.1) is 11.8 Å². The highest BCUT2D eigenvalue weighted by Gasteiger charge is 2.32. The molecular weight excluding hydrogens is 536 g/mol. The summed E-state index contributed by atoms with van der Waals surface area (Å²) >= 11 is 1.36. The van der Waals surface area contributed by atoms with Crippen LogP contribution in [0.25, 0.3) is 0 Å². The fourth-order valence-corrected chi connectivity index (χ4v) is 5.84. The number of hydrogen-bond acceptors (Lipinski definition) is 9. The summed E-state index contributed by atoms with van der Waals surface area (Å²) in [5.41, 5.74) is 1.53. The first kappa shape index (κ1) is 30.9. The number of thiophene rings is 1. The Hall–Kier alpha value is -3.60. The van der Waals surface area contributed by atoms with Crippen LogP contribution >= 0.6 is 11.3 Å². The van der Waals surface area contributed by atoms with E-state index in [4.69, 9.17) is 18.9 Å². The van der Waals surface area contributed by atoms with Crippen LogP contribution in [-0.2, 0) is 31.9 Å². The van der Waals surface area contributed by atoms with Gasteiger partial charge in [0.05, 0.1) is 26.4 Å². The van der Waals surface area contributed by atoms with Gasteiger partial charge in [0.25, 0.3) is 11.8 Å². The second-order valence-corrected chi connectivity index (χ2v) is 11.2. The molecule has 1 heterocycles. The van der Waals surface area contributed by atoms with Crippen molar-refractivity contribution < 1.29 is 38.1 Å². The van der Waals surface area contributed by atoms with Gasteiger partial charge in [-0.15, -0.1) is 11.3 Å². The molecule has 1 aliphatic rings. The maximum atomic E-state index is 13.1. The third kappa shape index (κ3) is 7.32. The summed E-state index contributed by atoms with van der Waals surface area (Å²) in [6, 6.07) is 3.66. The number of nitrogens with one attached hydrogen (secondary N) is 2. The summed E-state index contributed by atoms with van der Waals surface area (Å²) in [5, 5.41) is 5.86. The maximum absolute atomic E-state index is 13.1. The van der Waals surface area contributed by atoms with Crippen LogP contribution in [0.15, 0.2) is 18.2 Å². The maximum Gasteiger partial charge on any atom is 0.341 e. The number of amides is 2. The Bertz CT molecular complexity index is 1230. The minimum Gasteiger partial charge on any atom is -0.497 e. The second-order valence-electron chi connectivity index (χ2n) is 10.1. The van der Waals surface area contributed by atoms with E-state index in [2.05, 4.69) is 17.6 Å². The standard InChI is InChI=1S/C29H38N2O8S/c1-8-38-28(34)23-21-10-9-16(4)11-22(21)40-27(23)31-25(32)17(5)39-29(35)24(15(2)3)30-26(33)18-12-19(36-6)14-20(13-18)37-7/h12-17,24H,8-11H2,1-7H3,(H,30,33)(H,31,32)/t16-,17-,24+/m1/s1. The van der Waals surface area contributed by atoms with Crippen LogP contribution in [0.1, 0.15) is 72.2 Å². The van der Waals surface area contributed by atoms with Crippen LogP contribution in [0.5, 0.6) is 11.5 Å². The van der Waals surface area contributed by atoms with E-state index in [-0.39, 0.29) is 18.1 Å². The molecule has 2 aromatic rings. The van der Waals surface area contributed by atoms with E-state index in [1.165, 1.54) is 44.6 Å². The van der Waals surface area contributed by atoms with Crippen LogP contribution in [0.4, 0.5) is 5.00 Å². The summed E-state index contributed by atoms with van der Waals surface area (Å²) in [7, 11) is 2.94. The summed E-state index contributed by atoms with van der Waals surface area (Å²) in [6.07, 6.45) is 1.32. The topological polar surface area (TPSA) is 129 Å². The van der Waals surface area contributed by atoms with E-state index in [0.717, 1.165) is 29.7 Å². The molecule has 0 saturated carbocycles. The lowest BCUT2D eigenvalue weighted by atomic mass is 9.88. The molecule has 0 bridgehead atoms. The lowest BCUT2D eigenvalue weighted by Crippen LogP contribution is -2.47. The predicted molar refractivity (Wildman–Crippen MR) is 151 cm³/mol. The summed E-state index contributed by atoms with van der Waals surface area (Å²) in [6.45, 7) is 9.05. The van der Waals surface area contributed by atoms with Crippen molar-refractivity contribution in [2.24, 2.45) is 11.8 Å². The van der Waals surface area contributed by atoms with Gasteiger partial charge in [-0.3, -0.25) is 9.59 Å². The fraction of sp³-hybridized carbons (Fsp3) is 0.517. The van der Waals surface area contributed by atoms with E-state index in [1.807, 2.05) is 0 Å². The average Bonchev–Trinajstić information content (AvgIpc) is 3.27. The van der Waals surface area contributed by atoms with Crippen molar-refractivity contribution in [3.05, 3.63) is 39.8 Å². The molecule has 1 aliphatic carbocycles. The predicted octanol–water partition coefficient (Wildman–Crippen LogP) is 4.39. The summed E-state index contributed by atoms with van der Waals surface area (Å²) in [5.74, 6) is -1.36. The molecule has 3 rings (SSSR count). The van der Waals surface area contributed by atoms with Gasteiger partial charge in [-0.25, -0.2) is 9.59 Å². The highest BCUT2D eigenvalue weighted by Crippen LogP contribution is 2.40. The Kier molecular flexibility index (Phi) is 10.6. The zero-order valence-electron chi connectivity index (χ0n) is 24.0. The van der Waals surface area contributed by atoms with E-state index < -0.39 is 35.9 Å². The smallest absolute Gasteiger partial charge is 0.341 e. The number of carbonyl (C=O) groups excluding carboxylic acids is 4. The van der Waals surface area contributed by atoms with Crippen molar-refractivity contribution >= 4 is 40.1 Å². The van der Waals surface area contributed by atoms with Gasteiger partial charge in [-0.05, 0) is 62.6 Å². The number of carbonyl (C=O) groups is 4. The monoisotopic (exact) mass is 574 g/mol. The van der Waals surface area contributed by atoms with E-state index in [0.29, 0.717) is 28.0 Å². The number of rotatable bonds is 11. The van der Waals surface area contributed by atoms with Gasteiger partial charge in [0.2, 0.25) is 0 Å². The number of hydrogen-bond donors (Lipinski definition) is 2. The Morgan fingerprint density at radius 2 is 1.70 bits per heavy atom. The molecule has 2 N–H and O–H groups in total. The average molecular weight is 575 g/mol. The largest absolute Gasteiger partial charge is 0.497 e. The Labute approximate surface area is 238 Å². The first-order valence-electron chi connectivity index (χ1n) is 13.4. The molecule has 0 aliphatic heterocycles. The lowest BCUT2D eigenvalue weighted by molar-refractivity contribution is -0.156. The molecule has 2 amide bonds. The van der Waals surface area contributed by atoms with Gasteiger partial charge in [-0.1, -0.05) is 20.8 Å². The molecule has 0 fully saturated rings. The number of esters is 2. The van der Waals surface area contributed by atoms with Gasteiger partial charge in [0, 0.05) is 16.5 Å². The Morgan fingerprint density at radius 3 is 2.27 bits per heavy atom. The van der Waals surface area contributed by atoms with Crippen LogP contribution in [0.2, 0.25) is 0 Å². The van der Waals surface area contributed by atoms with E-state index in [9.17, 15) is 19.2 Å². The quantitative estimate of drug-likeness (QED) is 0.378. The fourth-order valence-electron chi connectivity index (χ4n) is 4.43. The normalized spacial score (nSPS) is 15.8.